The van der Waals surface area contributed by atoms with Crippen molar-refractivity contribution < 1.29 is 0 Å². The fourth-order valence-electron chi connectivity index (χ4n) is 5.47. The minimum Gasteiger partial charge on any atom is -0.0925 e. The Balaban J connectivity index is 1.62. The van der Waals surface area contributed by atoms with Crippen LogP contribution >= 0.6 is 15.9 Å². The lowest BCUT2D eigenvalue weighted by Gasteiger charge is -2.43. The predicted molar refractivity (Wildman–Crippen MR) is 113 cm³/mol. The second kappa shape index (κ2) is 9.03. The van der Waals surface area contributed by atoms with E-state index in [1.165, 1.54) is 62.7 Å². The topological polar surface area (TPSA) is 0 Å². The average molecular weight is 408 g/mol. The van der Waals surface area contributed by atoms with Crippen molar-refractivity contribution in [1.82, 2.24) is 0 Å². The maximum atomic E-state index is 3.70. The zero-order chi connectivity index (χ0) is 16.8. The molecule has 0 aromatic heterocycles. The highest BCUT2D eigenvalue weighted by Crippen LogP contribution is 2.44. The van der Waals surface area contributed by atoms with Crippen LogP contribution in [-0.4, -0.2) is 13.4 Å². The van der Waals surface area contributed by atoms with E-state index in [2.05, 4.69) is 53.2 Å². The summed E-state index contributed by atoms with van der Waals surface area (Å²) in [6, 6.07) is 16.4. The Labute approximate surface area is 159 Å². The molecular formula is C22H35BrSi. The summed E-state index contributed by atoms with van der Waals surface area (Å²) in [6.45, 7) is 2.36. The van der Waals surface area contributed by atoms with Crippen molar-refractivity contribution in [3.63, 3.8) is 0 Å². The maximum absolute atomic E-state index is 3.70. The van der Waals surface area contributed by atoms with Gasteiger partial charge >= 0.3 is 0 Å². The predicted octanol–water partition coefficient (Wildman–Crippen LogP) is 6.75. The lowest BCUT2D eigenvalue weighted by Crippen LogP contribution is -2.50. The summed E-state index contributed by atoms with van der Waals surface area (Å²) in [6.07, 6.45) is 11.9. The minimum absolute atomic E-state index is 0.965. The molecule has 2 heteroatoms. The first-order valence-electron chi connectivity index (χ1n) is 10.4. The molecule has 1 heterocycles. The zero-order valence-electron chi connectivity index (χ0n) is 15.5. The van der Waals surface area contributed by atoms with Crippen LogP contribution in [0.15, 0.2) is 30.3 Å². The second-order valence-electron chi connectivity index (χ2n) is 8.52. The van der Waals surface area contributed by atoms with Gasteiger partial charge in [0.1, 0.15) is 0 Å². The van der Waals surface area contributed by atoms with E-state index in [0.717, 1.165) is 17.8 Å². The number of rotatable bonds is 6. The van der Waals surface area contributed by atoms with Crippen molar-refractivity contribution in [2.75, 3.05) is 5.33 Å². The van der Waals surface area contributed by atoms with Gasteiger partial charge in [-0.2, -0.15) is 0 Å². The summed E-state index contributed by atoms with van der Waals surface area (Å²) in [4.78, 5) is 0. The van der Waals surface area contributed by atoms with Gasteiger partial charge in [0.25, 0.3) is 0 Å². The molecule has 3 rings (SSSR count). The summed E-state index contributed by atoms with van der Waals surface area (Å²) in [5.41, 5.74) is 0. The molecule has 1 aromatic carbocycles. The molecule has 1 aliphatic heterocycles. The lowest BCUT2D eigenvalue weighted by molar-refractivity contribution is 0.200. The molecule has 0 unspecified atom stereocenters. The minimum atomic E-state index is -1.21. The smallest absolute Gasteiger partial charge is 0.0867 e. The van der Waals surface area contributed by atoms with Crippen LogP contribution in [0.25, 0.3) is 0 Å². The van der Waals surface area contributed by atoms with Gasteiger partial charge in [-0.3, -0.25) is 0 Å². The first kappa shape index (κ1) is 18.7. The van der Waals surface area contributed by atoms with Crippen molar-refractivity contribution >= 4 is 29.2 Å². The first-order valence-corrected chi connectivity index (χ1v) is 14.1. The molecular weight excluding hydrogens is 372 g/mol. The van der Waals surface area contributed by atoms with E-state index in [9.17, 15) is 0 Å². The largest absolute Gasteiger partial charge is 0.0925 e. The quantitative estimate of drug-likeness (QED) is 0.361. The SMILES string of the molecule is CCCC[Si]1(c2ccccc2)CCC(C2CCC(CBr)CC2)CC1. The Morgan fingerprint density at radius 3 is 2.12 bits per heavy atom. The zero-order valence-corrected chi connectivity index (χ0v) is 18.1. The fraction of sp³-hybridized carbons (Fsp3) is 0.727. The third-order valence-corrected chi connectivity index (χ3v) is 13.4. The highest BCUT2D eigenvalue weighted by molar-refractivity contribution is 9.09. The molecule has 24 heavy (non-hydrogen) atoms. The normalized spacial score (nSPS) is 34.2. The molecule has 0 bridgehead atoms. The third kappa shape index (κ3) is 4.36. The summed E-state index contributed by atoms with van der Waals surface area (Å²) in [5, 5.41) is 2.99. The molecule has 0 N–H and O–H groups in total. The number of benzene rings is 1. The monoisotopic (exact) mass is 406 g/mol. The van der Waals surface area contributed by atoms with Crippen molar-refractivity contribution in [1.29, 1.82) is 0 Å². The van der Waals surface area contributed by atoms with E-state index in [0.29, 0.717) is 0 Å². The Hall–Kier alpha value is -0.0831. The highest BCUT2D eigenvalue weighted by atomic mass is 79.9. The van der Waals surface area contributed by atoms with E-state index in [-0.39, 0.29) is 0 Å². The second-order valence-corrected chi connectivity index (χ2v) is 13.8. The number of hydrogen-bond acceptors (Lipinski definition) is 0. The summed E-state index contributed by atoms with van der Waals surface area (Å²) in [7, 11) is -1.21. The standard InChI is InChI=1S/C22H35BrSi/c1-2-3-15-24(22-7-5-4-6-8-22)16-13-21(14-17-24)20-11-9-19(18-23)10-12-20/h4-8,19-21H,2-3,9-18H2,1H3. The highest BCUT2D eigenvalue weighted by Gasteiger charge is 2.40. The van der Waals surface area contributed by atoms with E-state index >= 15 is 0 Å². The van der Waals surface area contributed by atoms with Crippen molar-refractivity contribution in [3.8, 4) is 0 Å². The number of unbranched alkanes of at least 4 members (excludes halogenated alkanes) is 1. The van der Waals surface area contributed by atoms with Gasteiger partial charge in [-0.1, -0.05) is 102 Å². The van der Waals surface area contributed by atoms with Gasteiger partial charge in [-0.25, -0.2) is 0 Å². The van der Waals surface area contributed by atoms with Crippen molar-refractivity contribution in [3.05, 3.63) is 30.3 Å². The number of hydrogen-bond donors (Lipinski definition) is 0. The van der Waals surface area contributed by atoms with Gasteiger partial charge in [-0.15, -0.1) is 0 Å². The van der Waals surface area contributed by atoms with Gasteiger partial charge in [0, 0.05) is 5.33 Å². The molecule has 2 fully saturated rings. The van der Waals surface area contributed by atoms with Crippen LogP contribution in [0.3, 0.4) is 0 Å². The van der Waals surface area contributed by atoms with Crippen LogP contribution in [0.2, 0.25) is 18.1 Å². The Morgan fingerprint density at radius 1 is 0.917 bits per heavy atom. The van der Waals surface area contributed by atoms with Crippen molar-refractivity contribution in [2.45, 2.75) is 76.4 Å². The van der Waals surface area contributed by atoms with Crippen LogP contribution in [0.5, 0.6) is 0 Å². The van der Waals surface area contributed by atoms with E-state index in [1.807, 2.05) is 0 Å². The van der Waals surface area contributed by atoms with Crippen molar-refractivity contribution in [2.24, 2.45) is 17.8 Å². The van der Waals surface area contributed by atoms with E-state index in [4.69, 9.17) is 0 Å². The summed E-state index contributed by atoms with van der Waals surface area (Å²) in [5.74, 6) is 3.06. The molecule has 1 aliphatic carbocycles. The van der Waals surface area contributed by atoms with E-state index < -0.39 is 8.07 Å². The van der Waals surface area contributed by atoms with Crippen LogP contribution < -0.4 is 5.19 Å². The number of alkyl halides is 1. The molecule has 2 aliphatic rings. The molecule has 134 valence electrons. The Bertz CT molecular complexity index is 470. The van der Waals surface area contributed by atoms with Gasteiger partial charge in [-0.05, 0) is 43.4 Å². The Kier molecular flexibility index (Phi) is 7.04. The summed E-state index contributed by atoms with van der Waals surface area (Å²) >= 11 is 3.70. The number of halogens is 1. The van der Waals surface area contributed by atoms with Crippen LogP contribution in [-0.2, 0) is 0 Å². The molecule has 0 atom stereocenters. The summed E-state index contributed by atoms with van der Waals surface area (Å²) < 4.78 is 0. The van der Waals surface area contributed by atoms with Gasteiger partial charge in [0.15, 0.2) is 0 Å². The molecule has 1 aromatic rings. The Morgan fingerprint density at radius 2 is 1.54 bits per heavy atom. The maximum Gasteiger partial charge on any atom is 0.0867 e. The van der Waals surface area contributed by atoms with Gasteiger partial charge < -0.3 is 0 Å². The molecule has 0 amide bonds. The molecule has 0 nitrogen and oxygen atoms in total. The fourth-order valence-corrected chi connectivity index (χ4v) is 11.5. The van der Waals surface area contributed by atoms with Crippen LogP contribution in [0.4, 0.5) is 0 Å². The molecule has 0 radical (unpaired) electrons. The van der Waals surface area contributed by atoms with Crippen LogP contribution in [0, 0.1) is 17.8 Å². The van der Waals surface area contributed by atoms with Gasteiger partial charge in [0.2, 0.25) is 0 Å². The first-order chi connectivity index (χ1) is 11.8. The van der Waals surface area contributed by atoms with Gasteiger partial charge in [0.05, 0.1) is 8.07 Å². The van der Waals surface area contributed by atoms with Crippen LogP contribution in [0.1, 0.15) is 58.3 Å². The lowest BCUT2D eigenvalue weighted by atomic mass is 9.74. The van der Waals surface area contributed by atoms with E-state index in [1.54, 1.807) is 17.3 Å². The third-order valence-electron chi connectivity index (χ3n) is 7.16. The molecule has 1 saturated heterocycles. The average Bonchev–Trinajstić information content (AvgIpc) is 2.67. The molecule has 0 spiro atoms. The molecule has 1 saturated carbocycles.